The molecule has 5 aromatic rings. The lowest BCUT2D eigenvalue weighted by Gasteiger charge is -1.96. The molecule has 23 heavy (non-hydrogen) atoms. The van der Waals surface area contributed by atoms with Crippen molar-refractivity contribution < 1.29 is 4.42 Å². The van der Waals surface area contributed by atoms with Crippen molar-refractivity contribution in [2.75, 3.05) is 0 Å². The molecule has 0 aliphatic rings. The van der Waals surface area contributed by atoms with Crippen LogP contribution in [0.1, 0.15) is 0 Å². The quantitative estimate of drug-likeness (QED) is 0.520. The second-order valence-corrected chi connectivity index (χ2v) is 5.29. The molecule has 0 atom stereocenters. The fourth-order valence-corrected chi connectivity index (χ4v) is 2.74. The van der Waals surface area contributed by atoms with Crippen LogP contribution in [0.2, 0.25) is 0 Å². The predicted molar refractivity (Wildman–Crippen MR) is 86.7 cm³/mol. The van der Waals surface area contributed by atoms with Crippen LogP contribution in [0.15, 0.2) is 59.4 Å². The van der Waals surface area contributed by atoms with Crippen molar-refractivity contribution in [1.82, 2.24) is 25.1 Å². The van der Waals surface area contributed by atoms with Gasteiger partial charge in [0, 0.05) is 11.6 Å². The zero-order valence-electron chi connectivity index (χ0n) is 11.9. The molecule has 6 heteroatoms. The van der Waals surface area contributed by atoms with Gasteiger partial charge in [0.25, 0.3) is 0 Å². The van der Waals surface area contributed by atoms with Gasteiger partial charge in [-0.1, -0.05) is 18.2 Å². The summed E-state index contributed by atoms with van der Waals surface area (Å²) in [5.41, 5.74) is 4.26. The maximum atomic E-state index is 5.92. The Morgan fingerprint density at radius 1 is 1.04 bits per heavy atom. The van der Waals surface area contributed by atoms with E-state index in [0.717, 1.165) is 44.8 Å². The number of nitrogens with one attached hydrogen (secondary N) is 2. The molecule has 0 saturated heterocycles. The van der Waals surface area contributed by atoms with Gasteiger partial charge in [0.05, 0.1) is 29.0 Å². The van der Waals surface area contributed by atoms with Crippen molar-refractivity contribution >= 4 is 22.0 Å². The summed E-state index contributed by atoms with van der Waals surface area (Å²) in [5, 5.41) is 8.21. The first-order chi connectivity index (χ1) is 11.4. The number of nitrogens with zero attached hydrogens (tertiary/aromatic N) is 3. The SMILES string of the molecule is c1ccc2oc(-c3[nH]ncc3-c3nc4ccncc4[nH]3)cc2c1. The zero-order chi connectivity index (χ0) is 15.2. The molecule has 0 saturated carbocycles. The van der Waals surface area contributed by atoms with Gasteiger partial charge in [-0.05, 0) is 18.2 Å². The molecule has 1 aromatic carbocycles. The molecule has 0 unspecified atom stereocenters. The highest BCUT2D eigenvalue weighted by molar-refractivity contribution is 5.87. The number of H-pyrrole nitrogens is 2. The smallest absolute Gasteiger partial charge is 0.153 e. The largest absolute Gasteiger partial charge is 0.454 e. The molecule has 5 rings (SSSR count). The lowest BCUT2D eigenvalue weighted by atomic mass is 10.2. The molecule has 0 aliphatic carbocycles. The van der Waals surface area contributed by atoms with Crippen LogP contribution in [0, 0.1) is 0 Å². The van der Waals surface area contributed by atoms with Crippen molar-refractivity contribution in [3.05, 3.63) is 55.0 Å². The van der Waals surface area contributed by atoms with Gasteiger partial charge in [0.15, 0.2) is 5.76 Å². The van der Waals surface area contributed by atoms with Gasteiger partial charge in [-0.25, -0.2) is 4.98 Å². The molecule has 4 aromatic heterocycles. The Balaban J connectivity index is 1.69. The summed E-state index contributed by atoms with van der Waals surface area (Å²) in [4.78, 5) is 12.0. The van der Waals surface area contributed by atoms with Crippen molar-refractivity contribution in [3.63, 3.8) is 0 Å². The minimum Gasteiger partial charge on any atom is -0.454 e. The second-order valence-electron chi connectivity index (χ2n) is 5.29. The molecular formula is C17H11N5O. The van der Waals surface area contributed by atoms with Gasteiger partial charge < -0.3 is 9.40 Å². The molecule has 0 fully saturated rings. The molecule has 0 radical (unpaired) electrons. The lowest BCUT2D eigenvalue weighted by Crippen LogP contribution is -1.82. The maximum absolute atomic E-state index is 5.92. The van der Waals surface area contributed by atoms with Gasteiger partial charge in [0.2, 0.25) is 0 Å². The van der Waals surface area contributed by atoms with Crippen LogP contribution in [0.4, 0.5) is 0 Å². The third kappa shape index (κ3) is 1.85. The van der Waals surface area contributed by atoms with Gasteiger partial charge in [-0.2, -0.15) is 5.10 Å². The molecular weight excluding hydrogens is 290 g/mol. The van der Waals surface area contributed by atoms with Crippen molar-refractivity contribution in [3.8, 4) is 22.8 Å². The summed E-state index contributed by atoms with van der Waals surface area (Å²) >= 11 is 0. The predicted octanol–water partition coefficient (Wildman–Crippen LogP) is 3.76. The average Bonchev–Trinajstić information content (AvgIpc) is 3.30. The molecule has 0 spiro atoms. The Kier molecular flexibility index (Phi) is 2.40. The molecule has 6 nitrogen and oxygen atoms in total. The minimum atomic E-state index is 0.734. The summed E-state index contributed by atoms with van der Waals surface area (Å²) in [6, 6.07) is 11.8. The number of pyridine rings is 1. The zero-order valence-corrected chi connectivity index (χ0v) is 11.9. The third-order valence-electron chi connectivity index (χ3n) is 3.85. The van der Waals surface area contributed by atoms with E-state index >= 15 is 0 Å². The molecule has 110 valence electrons. The monoisotopic (exact) mass is 301 g/mol. The van der Waals surface area contributed by atoms with Crippen LogP contribution in [0.3, 0.4) is 0 Å². The third-order valence-corrected chi connectivity index (χ3v) is 3.85. The number of imidazole rings is 1. The number of fused-ring (bicyclic) bond motifs is 2. The highest BCUT2D eigenvalue weighted by Gasteiger charge is 2.16. The molecule has 0 bridgehead atoms. The standard InChI is InChI=1S/C17H11N5O/c1-2-4-14-10(3-1)7-15(23-14)16-11(8-19-22-16)17-20-12-5-6-18-9-13(12)21-17/h1-9H,(H,19,22)(H,20,21). The Morgan fingerprint density at radius 3 is 2.91 bits per heavy atom. The average molecular weight is 301 g/mol. The first-order valence-electron chi connectivity index (χ1n) is 7.21. The Labute approximate surface area is 130 Å². The van der Waals surface area contributed by atoms with E-state index in [4.69, 9.17) is 4.42 Å². The summed E-state index contributed by atoms with van der Waals surface area (Å²) < 4.78 is 5.92. The van der Waals surface area contributed by atoms with Crippen molar-refractivity contribution in [2.24, 2.45) is 0 Å². The number of furan rings is 1. The minimum absolute atomic E-state index is 0.734. The van der Waals surface area contributed by atoms with E-state index in [-0.39, 0.29) is 0 Å². The van der Waals surface area contributed by atoms with Gasteiger partial charge in [-0.15, -0.1) is 0 Å². The normalized spacial score (nSPS) is 11.5. The number of rotatable bonds is 2. The summed E-state index contributed by atoms with van der Waals surface area (Å²) in [6.07, 6.45) is 5.23. The number of para-hydroxylation sites is 1. The Morgan fingerprint density at radius 2 is 2.00 bits per heavy atom. The van der Waals surface area contributed by atoms with Gasteiger partial charge in [-0.3, -0.25) is 10.1 Å². The van der Waals surface area contributed by atoms with E-state index in [0.29, 0.717) is 0 Å². The number of hydrogen-bond acceptors (Lipinski definition) is 4. The first kappa shape index (κ1) is 12.2. The fraction of sp³-hybridized carbons (Fsp3) is 0. The molecule has 4 heterocycles. The molecule has 0 amide bonds. The molecule has 0 aliphatic heterocycles. The van der Waals surface area contributed by atoms with Gasteiger partial charge in [0.1, 0.15) is 17.1 Å². The summed E-state index contributed by atoms with van der Waals surface area (Å²) in [7, 11) is 0. The second kappa shape index (κ2) is 4.54. The summed E-state index contributed by atoms with van der Waals surface area (Å²) in [5.74, 6) is 1.47. The number of benzene rings is 1. The Bertz CT molecular complexity index is 979. The van der Waals surface area contributed by atoms with Crippen LogP contribution in [0.25, 0.3) is 44.8 Å². The van der Waals surface area contributed by atoms with Crippen molar-refractivity contribution in [1.29, 1.82) is 0 Å². The van der Waals surface area contributed by atoms with Crippen LogP contribution in [0.5, 0.6) is 0 Å². The van der Waals surface area contributed by atoms with Crippen LogP contribution < -0.4 is 0 Å². The number of aromatic nitrogens is 5. The first-order valence-corrected chi connectivity index (χ1v) is 7.21. The number of aromatic amines is 2. The topological polar surface area (TPSA) is 83.4 Å². The van der Waals surface area contributed by atoms with Crippen LogP contribution in [-0.4, -0.2) is 25.1 Å². The number of hydrogen-bond donors (Lipinski definition) is 2. The lowest BCUT2D eigenvalue weighted by molar-refractivity contribution is 0.628. The van der Waals surface area contributed by atoms with E-state index in [1.807, 2.05) is 36.4 Å². The van der Waals surface area contributed by atoms with Crippen LogP contribution in [-0.2, 0) is 0 Å². The molecule has 2 N–H and O–H groups in total. The van der Waals surface area contributed by atoms with E-state index < -0.39 is 0 Å². The van der Waals surface area contributed by atoms with Crippen LogP contribution >= 0.6 is 0 Å². The maximum Gasteiger partial charge on any atom is 0.153 e. The highest BCUT2D eigenvalue weighted by Crippen LogP contribution is 2.33. The van der Waals surface area contributed by atoms with Crippen molar-refractivity contribution in [2.45, 2.75) is 0 Å². The van der Waals surface area contributed by atoms with E-state index in [1.54, 1.807) is 18.6 Å². The van der Waals surface area contributed by atoms with E-state index in [9.17, 15) is 0 Å². The highest BCUT2D eigenvalue weighted by atomic mass is 16.3. The van der Waals surface area contributed by atoms with E-state index in [2.05, 4.69) is 25.1 Å². The fourth-order valence-electron chi connectivity index (χ4n) is 2.74. The summed E-state index contributed by atoms with van der Waals surface area (Å²) in [6.45, 7) is 0. The van der Waals surface area contributed by atoms with Gasteiger partial charge >= 0.3 is 0 Å². The Hall–Kier alpha value is -3.41. The van der Waals surface area contributed by atoms with E-state index in [1.165, 1.54) is 0 Å².